The van der Waals surface area contributed by atoms with Crippen molar-refractivity contribution in [2.24, 2.45) is 0 Å². The van der Waals surface area contributed by atoms with E-state index in [1.807, 2.05) is 6.92 Å². The van der Waals surface area contributed by atoms with Gasteiger partial charge in [0.15, 0.2) is 0 Å². The number of benzene rings is 2. The molecule has 0 amide bonds. The van der Waals surface area contributed by atoms with E-state index in [4.69, 9.17) is 14.2 Å². The molecule has 7 nitrogen and oxygen atoms in total. The monoisotopic (exact) mass is 474 g/mol. The molecule has 3 rings (SSSR count). The first-order valence-corrected chi connectivity index (χ1v) is 11.6. The zero-order valence-electron chi connectivity index (χ0n) is 17.7. The highest BCUT2D eigenvalue weighted by Crippen LogP contribution is 2.40. The van der Waals surface area contributed by atoms with Crippen molar-refractivity contribution in [3.8, 4) is 11.5 Å². The fourth-order valence-electron chi connectivity index (χ4n) is 3.25. The lowest BCUT2D eigenvalue weighted by Crippen LogP contribution is -2.36. The number of rotatable bonds is 8. The van der Waals surface area contributed by atoms with Crippen LogP contribution in [0.3, 0.4) is 0 Å². The first-order chi connectivity index (χ1) is 15.2. The van der Waals surface area contributed by atoms with Gasteiger partial charge >= 0.3 is 6.18 Å². The summed E-state index contributed by atoms with van der Waals surface area (Å²) in [4.78, 5) is 1.76. The van der Waals surface area contributed by atoms with Crippen LogP contribution in [-0.2, 0) is 20.9 Å². The molecular formula is C21H25F3N2O5S. The summed E-state index contributed by atoms with van der Waals surface area (Å²) in [7, 11) is -4.17. The highest BCUT2D eigenvalue weighted by atomic mass is 32.2. The summed E-state index contributed by atoms with van der Waals surface area (Å²) in [5.41, 5.74) is -0.0526. The minimum Gasteiger partial charge on any atom is -0.492 e. The molecule has 0 aromatic heterocycles. The molecule has 1 N–H and O–H groups in total. The third-order valence-electron chi connectivity index (χ3n) is 4.75. The SMILES string of the molecule is CCOc1cc(N2CCOCC2)c(OCC)cc1NS(=O)(=O)c1ccc(C(F)(F)F)cc1. The van der Waals surface area contributed by atoms with E-state index in [1.165, 1.54) is 6.07 Å². The lowest BCUT2D eigenvalue weighted by Gasteiger charge is -2.31. The quantitative estimate of drug-likeness (QED) is 0.620. The van der Waals surface area contributed by atoms with Crippen LogP contribution in [0.4, 0.5) is 24.5 Å². The van der Waals surface area contributed by atoms with Gasteiger partial charge in [0.25, 0.3) is 10.0 Å². The normalized spacial score (nSPS) is 14.8. The lowest BCUT2D eigenvalue weighted by atomic mass is 10.2. The Hall–Kier alpha value is -2.66. The van der Waals surface area contributed by atoms with Gasteiger partial charge in [-0.1, -0.05) is 0 Å². The summed E-state index contributed by atoms with van der Waals surface area (Å²) in [6.45, 7) is 6.60. The first kappa shape index (κ1) is 24.0. The minimum atomic E-state index is -4.56. The Labute approximate surface area is 185 Å². The van der Waals surface area contributed by atoms with E-state index in [-0.39, 0.29) is 22.9 Å². The highest BCUT2D eigenvalue weighted by Gasteiger charge is 2.31. The van der Waals surface area contributed by atoms with E-state index in [9.17, 15) is 21.6 Å². The average molecular weight is 475 g/mol. The molecule has 32 heavy (non-hydrogen) atoms. The molecule has 0 radical (unpaired) electrons. The van der Waals surface area contributed by atoms with Crippen molar-refractivity contribution >= 4 is 21.4 Å². The van der Waals surface area contributed by atoms with Gasteiger partial charge in [-0.15, -0.1) is 0 Å². The smallest absolute Gasteiger partial charge is 0.416 e. The van der Waals surface area contributed by atoms with Crippen LogP contribution in [0.25, 0.3) is 0 Å². The molecule has 176 valence electrons. The number of hydrogen-bond donors (Lipinski definition) is 1. The van der Waals surface area contributed by atoms with E-state index in [2.05, 4.69) is 9.62 Å². The number of hydrogen-bond acceptors (Lipinski definition) is 6. The minimum absolute atomic E-state index is 0.132. The van der Waals surface area contributed by atoms with Gasteiger partial charge in [0.05, 0.1) is 48.3 Å². The Balaban J connectivity index is 1.97. The standard InChI is InChI=1S/C21H25F3N2O5S/c1-3-30-19-14-18(26-9-11-29-12-10-26)20(31-4-2)13-17(19)25-32(27,28)16-7-5-15(6-8-16)21(22,23)24/h5-8,13-14,25H,3-4,9-12H2,1-2H3. The van der Waals surface area contributed by atoms with Crippen molar-refractivity contribution in [2.45, 2.75) is 24.9 Å². The van der Waals surface area contributed by atoms with Crippen molar-refractivity contribution < 1.29 is 35.8 Å². The van der Waals surface area contributed by atoms with Crippen LogP contribution in [0, 0.1) is 0 Å². The van der Waals surface area contributed by atoms with Gasteiger partial charge in [0.2, 0.25) is 0 Å². The van der Waals surface area contributed by atoms with Gasteiger partial charge in [-0.2, -0.15) is 13.2 Å². The number of halogens is 3. The highest BCUT2D eigenvalue weighted by molar-refractivity contribution is 7.92. The molecule has 1 aliphatic rings. The molecule has 0 spiro atoms. The Morgan fingerprint density at radius 1 is 1.00 bits per heavy atom. The van der Waals surface area contributed by atoms with Gasteiger partial charge in [0.1, 0.15) is 11.5 Å². The molecule has 0 aliphatic carbocycles. The molecule has 0 saturated carbocycles. The fourth-order valence-corrected chi connectivity index (χ4v) is 4.31. The first-order valence-electron chi connectivity index (χ1n) is 10.1. The maximum atomic E-state index is 12.9. The van der Waals surface area contributed by atoms with Crippen LogP contribution in [0.2, 0.25) is 0 Å². The second-order valence-corrected chi connectivity index (χ2v) is 8.59. The summed E-state index contributed by atoms with van der Waals surface area (Å²) in [5.74, 6) is 0.746. The molecule has 1 fully saturated rings. The number of sulfonamides is 1. The number of ether oxygens (including phenoxy) is 3. The van der Waals surface area contributed by atoms with Crippen molar-refractivity contribution in [1.29, 1.82) is 0 Å². The van der Waals surface area contributed by atoms with Crippen LogP contribution < -0.4 is 19.1 Å². The van der Waals surface area contributed by atoms with Crippen molar-refractivity contribution in [1.82, 2.24) is 0 Å². The third-order valence-corrected chi connectivity index (χ3v) is 6.13. The van der Waals surface area contributed by atoms with Crippen LogP contribution in [0.5, 0.6) is 11.5 Å². The molecule has 2 aromatic rings. The topological polar surface area (TPSA) is 77.1 Å². The van der Waals surface area contributed by atoms with Gasteiger partial charge in [-0.05, 0) is 38.1 Å². The maximum Gasteiger partial charge on any atom is 0.416 e. The molecule has 0 unspecified atom stereocenters. The molecule has 1 saturated heterocycles. The van der Waals surface area contributed by atoms with E-state index < -0.39 is 21.8 Å². The molecule has 0 atom stereocenters. The Bertz CT molecular complexity index is 1020. The number of alkyl halides is 3. The molecule has 1 aliphatic heterocycles. The van der Waals surface area contributed by atoms with Gasteiger partial charge < -0.3 is 19.1 Å². The third kappa shape index (κ3) is 5.57. The van der Waals surface area contributed by atoms with Gasteiger partial charge in [0, 0.05) is 25.2 Å². The number of nitrogens with zero attached hydrogens (tertiary/aromatic N) is 1. The lowest BCUT2D eigenvalue weighted by molar-refractivity contribution is -0.137. The molecule has 0 bridgehead atoms. The number of nitrogens with one attached hydrogen (secondary N) is 1. The average Bonchev–Trinajstić information content (AvgIpc) is 2.75. The summed E-state index contributed by atoms with van der Waals surface area (Å²) in [6, 6.07) is 6.51. The Morgan fingerprint density at radius 2 is 1.59 bits per heavy atom. The Morgan fingerprint density at radius 3 is 2.16 bits per heavy atom. The summed E-state index contributed by atoms with van der Waals surface area (Å²) < 4.78 is 83.3. The van der Waals surface area contributed by atoms with Crippen LogP contribution in [0.15, 0.2) is 41.3 Å². The summed E-state index contributed by atoms with van der Waals surface area (Å²) >= 11 is 0. The van der Waals surface area contributed by atoms with Gasteiger partial charge in [-0.3, -0.25) is 4.72 Å². The van der Waals surface area contributed by atoms with E-state index >= 15 is 0 Å². The second-order valence-electron chi connectivity index (χ2n) is 6.91. The molecule has 11 heteroatoms. The van der Waals surface area contributed by atoms with Crippen molar-refractivity contribution in [2.75, 3.05) is 49.1 Å². The van der Waals surface area contributed by atoms with Crippen LogP contribution in [-0.4, -0.2) is 47.9 Å². The predicted molar refractivity (Wildman–Crippen MR) is 114 cm³/mol. The summed E-state index contributed by atoms with van der Waals surface area (Å²) in [5, 5.41) is 0. The van der Waals surface area contributed by atoms with E-state index in [0.717, 1.165) is 30.0 Å². The van der Waals surface area contributed by atoms with Crippen molar-refractivity contribution in [3.05, 3.63) is 42.0 Å². The molecule has 1 heterocycles. The second kappa shape index (κ2) is 9.86. The zero-order valence-corrected chi connectivity index (χ0v) is 18.6. The predicted octanol–water partition coefficient (Wildman–Crippen LogP) is 4.14. The van der Waals surface area contributed by atoms with Gasteiger partial charge in [-0.25, -0.2) is 8.42 Å². The Kier molecular flexibility index (Phi) is 7.40. The van der Waals surface area contributed by atoms with E-state index in [1.54, 1.807) is 13.0 Å². The summed E-state index contributed by atoms with van der Waals surface area (Å²) in [6.07, 6.45) is -4.56. The van der Waals surface area contributed by atoms with E-state index in [0.29, 0.717) is 38.7 Å². The zero-order chi connectivity index (χ0) is 23.4. The van der Waals surface area contributed by atoms with Crippen LogP contribution >= 0.6 is 0 Å². The number of anilines is 2. The van der Waals surface area contributed by atoms with Crippen molar-refractivity contribution in [3.63, 3.8) is 0 Å². The molecular weight excluding hydrogens is 449 g/mol. The number of morpholine rings is 1. The maximum absolute atomic E-state index is 12.9. The fraction of sp³-hybridized carbons (Fsp3) is 0.429. The molecule has 2 aromatic carbocycles. The van der Waals surface area contributed by atoms with Crippen LogP contribution in [0.1, 0.15) is 19.4 Å². The largest absolute Gasteiger partial charge is 0.492 e.